The molecule has 1 aliphatic heterocycles. The molecule has 3 atom stereocenters. The summed E-state index contributed by atoms with van der Waals surface area (Å²) in [6.07, 6.45) is 5.75. The van der Waals surface area contributed by atoms with Gasteiger partial charge in [-0.05, 0) is 44.1 Å². The Morgan fingerprint density at radius 2 is 2.10 bits per heavy atom. The van der Waals surface area contributed by atoms with Crippen molar-refractivity contribution in [2.24, 2.45) is 5.92 Å². The number of carbonyl (C=O) groups is 1. The second-order valence-electron chi connectivity index (χ2n) is 7.23. The molecule has 0 aromatic heterocycles. The minimum absolute atomic E-state index is 0.0745. The number of benzene rings is 1. The van der Waals surface area contributed by atoms with E-state index in [1.165, 1.54) is 24.0 Å². The fourth-order valence-corrected chi connectivity index (χ4v) is 4.21. The summed E-state index contributed by atoms with van der Waals surface area (Å²) in [5, 5.41) is 3.66. The zero-order valence-electron chi connectivity index (χ0n) is 12.9. The van der Waals surface area contributed by atoms with Gasteiger partial charge in [0.2, 0.25) is 5.91 Å². The number of carbonyl (C=O) groups excluding carboxylic acids is 1. The van der Waals surface area contributed by atoms with Crippen molar-refractivity contribution in [3.8, 4) is 0 Å². The van der Waals surface area contributed by atoms with E-state index in [4.69, 9.17) is 0 Å². The Balaban J connectivity index is 1.72. The summed E-state index contributed by atoms with van der Waals surface area (Å²) >= 11 is 0. The first-order valence-corrected chi connectivity index (χ1v) is 8.28. The van der Waals surface area contributed by atoms with Gasteiger partial charge in [-0.2, -0.15) is 0 Å². The van der Waals surface area contributed by atoms with Gasteiger partial charge < -0.3 is 4.90 Å². The molecular formula is C18H24N2O. The van der Waals surface area contributed by atoms with Crippen LogP contribution in [0.4, 0.5) is 0 Å². The zero-order chi connectivity index (χ0) is 14.6. The van der Waals surface area contributed by atoms with Crippen LogP contribution in [0.2, 0.25) is 0 Å². The molecule has 3 heteroatoms. The van der Waals surface area contributed by atoms with Crippen LogP contribution in [0.1, 0.15) is 56.3 Å². The highest BCUT2D eigenvalue weighted by molar-refractivity contribution is 5.92. The van der Waals surface area contributed by atoms with Gasteiger partial charge >= 0.3 is 0 Å². The van der Waals surface area contributed by atoms with E-state index in [0.717, 1.165) is 19.3 Å². The number of nitrogens with zero attached hydrogens (tertiary/aromatic N) is 1. The predicted octanol–water partition coefficient (Wildman–Crippen LogP) is 3.15. The molecule has 0 radical (unpaired) electrons. The lowest BCUT2D eigenvalue weighted by atomic mass is 10.0. The summed E-state index contributed by atoms with van der Waals surface area (Å²) in [4.78, 5) is 15.1. The SMILES string of the molecule is Cc1cccc(C2NC3(CC3)C(=O)N2C2CCCC2C)c1. The molecule has 2 saturated carbocycles. The summed E-state index contributed by atoms with van der Waals surface area (Å²) in [7, 11) is 0. The fraction of sp³-hybridized carbons (Fsp3) is 0.611. The van der Waals surface area contributed by atoms with Gasteiger partial charge in [-0.15, -0.1) is 0 Å². The maximum Gasteiger partial charge on any atom is 0.244 e. The molecule has 3 fully saturated rings. The third kappa shape index (κ3) is 2.02. The number of nitrogens with one attached hydrogen (secondary N) is 1. The lowest BCUT2D eigenvalue weighted by molar-refractivity contribution is -0.133. The van der Waals surface area contributed by atoms with Crippen molar-refractivity contribution in [3.05, 3.63) is 35.4 Å². The van der Waals surface area contributed by atoms with Crippen molar-refractivity contribution in [1.82, 2.24) is 10.2 Å². The second-order valence-corrected chi connectivity index (χ2v) is 7.23. The van der Waals surface area contributed by atoms with Gasteiger partial charge in [0.15, 0.2) is 0 Å². The molecule has 112 valence electrons. The van der Waals surface area contributed by atoms with Gasteiger partial charge in [-0.25, -0.2) is 0 Å². The molecule has 4 rings (SSSR count). The van der Waals surface area contributed by atoms with E-state index in [0.29, 0.717) is 17.9 Å². The van der Waals surface area contributed by atoms with Crippen molar-refractivity contribution >= 4 is 5.91 Å². The molecule has 1 amide bonds. The maximum absolute atomic E-state index is 13.0. The Morgan fingerprint density at radius 3 is 2.71 bits per heavy atom. The fourth-order valence-electron chi connectivity index (χ4n) is 4.21. The minimum Gasteiger partial charge on any atom is -0.318 e. The molecule has 1 N–H and O–H groups in total. The third-order valence-electron chi connectivity index (χ3n) is 5.62. The molecular weight excluding hydrogens is 260 g/mol. The van der Waals surface area contributed by atoms with Crippen LogP contribution >= 0.6 is 0 Å². The standard InChI is InChI=1S/C18H24N2O/c1-12-5-3-7-14(11-12)16-19-18(9-10-18)17(21)20(16)15-8-4-6-13(15)2/h3,5,7,11,13,15-16,19H,4,6,8-10H2,1-2H3. The summed E-state index contributed by atoms with van der Waals surface area (Å²) in [5.41, 5.74) is 2.28. The van der Waals surface area contributed by atoms with Gasteiger partial charge in [0.1, 0.15) is 11.7 Å². The molecule has 3 nitrogen and oxygen atoms in total. The van der Waals surface area contributed by atoms with Gasteiger partial charge in [0.05, 0.1) is 0 Å². The Labute approximate surface area is 126 Å². The maximum atomic E-state index is 13.0. The Kier molecular flexibility index (Phi) is 2.90. The monoisotopic (exact) mass is 284 g/mol. The van der Waals surface area contributed by atoms with Crippen molar-refractivity contribution in [1.29, 1.82) is 0 Å². The molecule has 1 aromatic rings. The molecule has 0 bridgehead atoms. The quantitative estimate of drug-likeness (QED) is 0.905. The van der Waals surface area contributed by atoms with Crippen LogP contribution in [0.5, 0.6) is 0 Å². The first-order chi connectivity index (χ1) is 10.1. The van der Waals surface area contributed by atoms with Crippen LogP contribution in [0.3, 0.4) is 0 Å². The smallest absolute Gasteiger partial charge is 0.244 e. The zero-order valence-corrected chi connectivity index (χ0v) is 12.9. The molecule has 1 spiro atoms. The number of rotatable bonds is 2. The Bertz CT molecular complexity index is 578. The molecule has 21 heavy (non-hydrogen) atoms. The summed E-state index contributed by atoms with van der Waals surface area (Å²) in [6.45, 7) is 4.42. The number of amides is 1. The van der Waals surface area contributed by atoms with Crippen molar-refractivity contribution in [2.45, 2.75) is 63.7 Å². The van der Waals surface area contributed by atoms with Crippen molar-refractivity contribution in [3.63, 3.8) is 0 Å². The topological polar surface area (TPSA) is 32.3 Å². The molecule has 2 aliphatic carbocycles. The van der Waals surface area contributed by atoms with E-state index >= 15 is 0 Å². The van der Waals surface area contributed by atoms with Crippen LogP contribution in [0.15, 0.2) is 24.3 Å². The van der Waals surface area contributed by atoms with Gasteiger partial charge in [-0.1, -0.05) is 43.2 Å². The van der Waals surface area contributed by atoms with Crippen LogP contribution in [0.25, 0.3) is 0 Å². The average molecular weight is 284 g/mol. The summed E-state index contributed by atoms with van der Waals surface area (Å²) in [6, 6.07) is 9.02. The molecule has 3 unspecified atom stereocenters. The van der Waals surface area contributed by atoms with Gasteiger partial charge in [-0.3, -0.25) is 10.1 Å². The van der Waals surface area contributed by atoms with E-state index < -0.39 is 0 Å². The summed E-state index contributed by atoms with van der Waals surface area (Å²) in [5.74, 6) is 0.977. The van der Waals surface area contributed by atoms with Crippen LogP contribution in [-0.2, 0) is 4.79 Å². The molecule has 3 aliphatic rings. The normalized spacial score (nSPS) is 33.9. The molecule has 1 aromatic carbocycles. The lowest BCUT2D eigenvalue weighted by Gasteiger charge is -2.33. The van der Waals surface area contributed by atoms with Gasteiger partial charge in [0, 0.05) is 6.04 Å². The average Bonchev–Trinajstić information content (AvgIpc) is 3.05. The number of hydrogen-bond acceptors (Lipinski definition) is 2. The molecule has 1 saturated heterocycles. The van der Waals surface area contributed by atoms with Crippen LogP contribution in [-0.4, -0.2) is 22.4 Å². The first-order valence-electron chi connectivity index (χ1n) is 8.28. The summed E-state index contributed by atoms with van der Waals surface area (Å²) < 4.78 is 0. The highest BCUT2D eigenvalue weighted by atomic mass is 16.2. The largest absolute Gasteiger partial charge is 0.318 e. The third-order valence-corrected chi connectivity index (χ3v) is 5.62. The minimum atomic E-state index is -0.225. The number of hydrogen-bond donors (Lipinski definition) is 1. The molecule has 1 heterocycles. The lowest BCUT2D eigenvalue weighted by Crippen LogP contribution is -2.41. The van der Waals surface area contributed by atoms with E-state index in [1.807, 2.05) is 0 Å². The Hall–Kier alpha value is -1.35. The highest BCUT2D eigenvalue weighted by Gasteiger charge is 2.61. The number of aryl methyl sites for hydroxylation is 1. The second kappa shape index (κ2) is 4.57. The van der Waals surface area contributed by atoms with Crippen LogP contribution in [0, 0.1) is 12.8 Å². The van der Waals surface area contributed by atoms with E-state index in [2.05, 4.69) is 48.3 Å². The predicted molar refractivity (Wildman–Crippen MR) is 82.7 cm³/mol. The van der Waals surface area contributed by atoms with Crippen molar-refractivity contribution < 1.29 is 4.79 Å². The van der Waals surface area contributed by atoms with Gasteiger partial charge in [0.25, 0.3) is 0 Å². The van der Waals surface area contributed by atoms with Crippen molar-refractivity contribution in [2.75, 3.05) is 0 Å². The van der Waals surface area contributed by atoms with E-state index in [-0.39, 0.29) is 11.7 Å². The first kappa shape index (κ1) is 13.3. The van der Waals surface area contributed by atoms with E-state index in [9.17, 15) is 4.79 Å². The highest BCUT2D eigenvalue weighted by Crippen LogP contribution is 2.49. The van der Waals surface area contributed by atoms with Crippen LogP contribution < -0.4 is 5.32 Å². The Morgan fingerprint density at radius 1 is 1.29 bits per heavy atom. The van der Waals surface area contributed by atoms with E-state index in [1.54, 1.807) is 0 Å².